The number of piperidine rings is 2. The maximum absolute atomic E-state index is 13.1. The molecule has 0 N–H and O–H groups in total. The number of nitrogens with zero attached hydrogens (tertiary/aromatic N) is 3. The number of rotatable bonds is 3. The van der Waals surface area contributed by atoms with Crippen molar-refractivity contribution in [1.29, 1.82) is 0 Å². The SMILES string of the molecule is Cc1ccc(C(=O)N2CCC(C(=O)N3CCC(N4Cc5ccccc5C4=O)CC3)CC2)cc1. The molecule has 0 aliphatic carbocycles. The predicted molar refractivity (Wildman–Crippen MR) is 126 cm³/mol. The first-order valence-electron chi connectivity index (χ1n) is 12.0. The van der Waals surface area contributed by atoms with Gasteiger partial charge < -0.3 is 14.7 Å². The summed E-state index contributed by atoms with van der Waals surface area (Å²) < 4.78 is 0. The van der Waals surface area contributed by atoms with Crippen molar-refractivity contribution in [1.82, 2.24) is 14.7 Å². The molecule has 0 bridgehead atoms. The minimum Gasteiger partial charge on any atom is -0.342 e. The van der Waals surface area contributed by atoms with Gasteiger partial charge in [0.2, 0.25) is 5.91 Å². The number of benzene rings is 2. The average Bonchev–Trinajstić information content (AvgIpc) is 3.20. The molecule has 6 nitrogen and oxygen atoms in total. The molecule has 3 heterocycles. The van der Waals surface area contributed by atoms with E-state index in [1.165, 1.54) is 0 Å². The van der Waals surface area contributed by atoms with Gasteiger partial charge in [0.05, 0.1) is 0 Å². The molecule has 2 aromatic rings. The van der Waals surface area contributed by atoms with Crippen LogP contribution in [-0.4, -0.2) is 64.6 Å². The molecule has 5 rings (SSSR count). The number of carbonyl (C=O) groups is 3. The second kappa shape index (κ2) is 9.00. The molecule has 0 spiro atoms. The van der Waals surface area contributed by atoms with E-state index in [4.69, 9.17) is 0 Å². The zero-order valence-corrected chi connectivity index (χ0v) is 19.2. The molecular formula is C27H31N3O3. The third-order valence-electron chi connectivity index (χ3n) is 7.50. The van der Waals surface area contributed by atoms with E-state index in [1.807, 2.05) is 70.2 Å². The molecule has 3 aliphatic heterocycles. The summed E-state index contributed by atoms with van der Waals surface area (Å²) in [6.45, 7) is 5.34. The Labute approximate surface area is 195 Å². The number of amides is 3. The molecule has 0 unspecified atom stereocenters. The fourth-order valence-corrected chi connectivity index (χ4v) is 5.44. The normalized spacial score (nSPS) is 19.7. The molecule has 172 valence electrons. The van der Waals surface area contributed by atoms with E-state index in [0.29, 0.717) is 38.3 Å². The number of likely N-dealkylation sites (tertiary alicyclic amines) is 2. The van der Waals surface area contributed by atoms with Gasteiger partial charge in [0.1, 0.15) is 0 Å². The lowest BCUT2D eigenvalue weighted by atomic mass is 9.93. The summed E-state index contributed by atoms with van der Waals surface area (Å²) >= 11 is 0. The monoisotopic (exact) mass is 445 g/mol. The van der Waals surface area contributed by atoms with Crippen LogP contribution in [0.2, 0.25) is 0 Å². The first-order chi connectivity index (χ1) is 16.0. The fourth-order valence-electron chi connectivity index (χ4n) is 5.44. The number of carbonyl (C=O) groups excluding carboxylic acids is 3. The van der Waals surface area contributed by atoms with E-state index >= 15 is 0 Å². The Bertz CT molecular complexity index is 1050. The third-order valence-corrected chi connectivity index (χ3v) is 7.50. The van der Waals surface area contributed by atoms with Crippen LogP contribution in [0.4, 0.5) is 0 Å². The van der Waals surface area contributed by atoms with Crippen LogP contribution in [0.3, 0.4) is 0 Å². The molecular weight excluding hydrogens is 414 g/mol. The molecule has 3 aliphatic rings. The average molecular weight is 446 g/mol. The Morgan fingerprint density at radius 2 is 1.45 bits per heavy atom. The number of hydrogen-bond donors (Lipinski definition) is 0. The Hall–Kier alpha value is -3.15. The minimum atomic E-state index is -0.0127. The Kier molecular flexibility index (Phi) is 5.92. The molecule has 6 heteroatoms. The van der Waals surface area contributed by atoms with Gasteiger partial charge >= 0.3 is 0 Å². The first kappa shape index (κ1) is 21.7. The topological polar surface area (TPSA) is 60.9 Å². The molecule has 0 atom stereocenters. The van der Waals surface area contributed by atoms with Gasteiger partial charge in [-0.2, -0.15) is 0 Å². The van der Waals surface area contributed by atoms with Crippen molar-refractivity contribution in [3.05, 3.63) is 70.8 Å². The summed E-state index contributed by atoms with van der Waals surface area (Å²) in [5.74, 6) is 0.382. The third kappa shape index (κ3) is 4.26. The Morgan fingerprint density at radius 1 is 0.818 bits per heavy atom. The maximum Gasteiger partial charge on any atom is 0.254 e. The highest BCUT2D eigenvalue weighted by molar-refractivity contribution is 5.98. The lowest BCUT2D eigenvalue weighted by Gasteiger charge is -2.39. The van der Waals surface area contributed by atoms with Crippen molar-refractivity contribution in [2.24, 2.45) is 5.92 Å². The highest BCUT2D eigenvalue weighted by atomic mass is 16.2. The van der Waals surface area contributed by atoms with Gasteiger partial charge in [-0.1, -0.05) is 35.9 Å². The van der Waals surface area contributed by atoms with Crippen LogP contribution in [0.25, 0.3) is 0 Å². The summed E-state index contributed by atoms with van der Waals surface area (Å²) in [6.07, 6.45) is 3.10. The van der Waals surface area contributed by atoms with Crippen molar-refractivity contribution < 1.29 is 14.4 Å². The van der Waals surface area contributed by atoms with Gasteiger partial charge in [-0.05, 0) is 56.4 Å². The van der Waals surface area contributed by atoms with Crippen LogP contribution in [0.15, 0.2) is 48.5 Å². The van der Waals surface area contributed by atoms with Crippen molar-refractivity contribution in [3.8, 4) is 0 Å². The van der Waals surface area contributed by atoms with Gasteiger partial charge in [-0.3, -0.25) is 14.4 Å². The van der Waals surface area contributed by atoms with Crippen LogP contribution >= 0.6 is 0 Å². The van der Waals surface area contributed by atoms with Crippen molar-refractivity contribution in [2.45, 2.75) is 45.2 Å². The van der Waals surface area contributed by atoms with Crippen LogP contribution < -0.4 is 0 Å². The zero-order valence-electron chi connectivity index (χ0n) is 19.2. The summed E-state index contributed by atoms with van der Waals surface area (Å²) in [7, 11) is 0. The van der Waals surface area contributed by atoms with E-state index in [-0.39, 0.29) is 29.7 Å². The predicted octanol–water partition coefficient (Wildman–Crippen LogP) is 3.49. The smallest absolute Gasteiger partial charge is 0.254 e. The summed E-state index contributed by atoms with van der Waals surface area (Å²) in [5.41, 5.74) is 3.78. The van der Waals surface area contributed by atoms with Gasteiger partial charge in [0.25, 0.3) is 11.8 Å². The van der Waals surface area contributed by atoms with Crippen LogP contribution in [0, 0.1) is 12.8 Å². The molecule has 2 fully saturated rings. The van der Waals surface area contributed by atoms with Gasteiger partial charge in [0.15, 0.2) is 0 Å². The van der Waals surface area contributed by atoms with Crippen molar-refractivity contribution in [3.63, 3.8) is 0 Å². The van der Waals surface area contributed by atoms with Crippen molar-refractivity contribution in [2.75, 3.05) is 26.2 Å². The number of aryl methyl sites for hydroxylation is 1. The van der Waals surface area contributed by atoms with Crippen LogP contribution in [0.1, 0.15) is 57.5 Å². The second-order valence-corrected chi connectivity index (χ2v) is 9.58. The van der Waals surface area contributed by atoms with E-state index in [0.717, 1.165) is 42.4 Å². The Balaban J connectivity index is 1.11. The molecule has 3 amide bonds. The number of hydrogen-bond acceptors (Lipinski definition) is 3. The van der Waals surface area contributed by atoms with E-state index < -0.39 is 0 Å². The zero-order chi connectivity index (χ0) is 22.9. The maximum atomic E-state index is 13.1. The van der Waals surface area contributed by atoms with E-state index in [2.05, 4.69) is 0 Å². The fraction of sp³-hybridized carbons (Fsp3) is 0.444. The minimum absolute atomic E-state index is 0.0127. The van der Waals surface area contributed by atoms with Crippen LogP contribution in [-0.2, 0) is 11.3 Å². The van der Waals surface area contributed by atoms with Gasteiger partial charge in [-0.15, -0.1) is 0 Å². The van der Waals surface area contributed by atoms with Crippen molar-refractivity contribution >= 4 is 17.7 Å². The molecule has 0 radical (unpaired) electrons. The first-order valence-corrected chi connectivity index (χ1v) is 12.0. The summed E-state index contributed by atoms with van der Waals surface area (Å²) in [6, 6.07) is 15.7. The van der Waals surface area contributed by atoms with E-state index in [9.17, 15) is 14.4 Å². The second-order valence-electron chi connectivity index (χ2n) is 9.58. The van der Waals surface area contributed by atoms with Gasteiger partial charge in [0, 0.05) is 55.8 Å². The lowest BCUT2D eigenvalue weighted by molar-refractivity contribution is -0.138. The van der Waals surface area contributed by atoms with E-state index in [1.54, 1.807) is 0 Å². The molecule has 33 heavy (non-hydrogen) atoms. The summed E-state index contributed by atoms with van der Waals surface area (Å²) in [4.78, 5) is 44.5. The Morgan fingerprint density at radius 3 is 2.12 bits per heavy atom. The highest BCUT2D eigenvalue weighted by Gasteiger charge is 2.37. The molecule has 0 saturated carbocycles. The number of fused-ring (bicyclic) bond motifs is 1. The molecule has 0 aromatic heterocycles. The largest absolute Gasteiger partial charge is 0.342 e. The quantitative estimate of drug-likeness (QED) is 0.727. The molecule has 2 aromatic carbocycles. The van der Waals surface area contributed by atoms with Gasteiger partial charge in [-0.25, -0.2) is 0 Å². The summed E-state index contributed by atoms with van der Waals surface area (Å²) in [5, 5.41) is 0. The lowest BCUT2D eigenvalue weighted by Crippen LogP contribution is -2.50. The van der Waals surface area contributed by atoms with Crippen LogP contribution in [0.5, 0.6) is 0 Å². The highest BCUT2D eigenvalue weighted by Crippen LogP contribution is 2.29. The molecule has 2 saturated heterocycles. The standard InChI is InChI=1S/C27H31N3O3/c1-19-6-8-20(9-7-19)25(31)28-14-10-21(11-15-28)26(32)29-16-12-23(13-17-29)30-18-22-4-2-3-5-24(22)27(30)33/h2-9,21,23H,10-18H2,1H3.